The molecule has 1 aromatic carbocycles. The van der Waals surface area contributed by atoms with Crippen molar-refractivity contribution < 1.29 is 9.53 Å². The summed E-state index contributed by atoms with van der Waals surface area (Å²) in [5.74, 6) is 0. The SMILES string of the molecule is COC(C)(C)CNC(=O)Nc1cccc(N)c1. The Morgan fingerprint density at radius 2 is 2.18 bits per heavy atom. The largest absolute Gasteiger partial charge is 0.399 e. The first-order chi connectivity index (χ1) is 7.93. The summed E-state index contributed by atoms with van der Waals surface area (Å²) in [6, 6.07) is 6.74. The molecule has 0 atom stereocenters. The van der Waals surface area contributed by atoms with E-state index in [0.717, 1.165) is 0 Å². The summed E-state index contributed by atoms with van der Waals surface area (Å²) in [6.07, 6.45) is 0. The Balaban J connectivity index is 2.45. The van der Waals surface area contributed by atoms with Crippen molar-refractivity contribution in [1.82, 2.24) is 5.32 Å². The lowest BCUT2D eigenvalue weighted by Crippen LogP contribution is -2.41. The predicted octanol–water partition coefficient (Wildman–Crippen LogP) is 1.82. The quantitative estimate of drug-likeness (QED) is 0.699. The number of ether oxygens (including phenoxy) is 1. The Labute approximate surface area is 101 Å². The van der Waals surface area contributed by atoms with Crippen molar-refractivity contribution in [3.05, 3.63) is 24.3 Å². The van der Waals surface area contributed by atoms with Crippen molar-refractivity contribution in [3.8, 4) is 0 Å². The van der Waals surface area contributed by atoms with Crippen LogP contribution in [0.4, 0.5) is 16.2 Å². The fraction of sp³-hybridized carbons (Fsp3) is 0.417. The highest BCUT2D eigenvalue weighted by molar-refractivity contribution is 5.89. The molecular weight excluding hydrogens is 218 g/mol. The number of nitrogen functional groups attached to an aromatic ring is 1. The molecule has 0 aliphatic carbocycles. The standard InChI is InChI=1S/C12H19N3O2/c1-12(2,17-3)8-14-11(16)15-10-6-4-5-9(13)7-10/h4-7H,8,13H2,1-3H3,(H2,14,15,16). The summed E-state index contributed by atoms with van der Waals surface area (Å²) in [6.45, 7) is 4.22. The molecule has 0 bridgehead atoms. The Morgan fingerprint density at radius 1 is 1.47 bits per heavy atom. The van der Waals surface area contributed by atoms with Gasteiger partial charge in [-0.3, -0.25) is 0 Å². The van der Waals surface area contributed by atoms with Crippen molar-refractivity contribution in [3.63, 3.8) is 0 Å². The molecule has 17 heavy (non-hydrogen) atoms. The monoisotopic (exact) mass is 237 g/mol. The van der Waals surface area contributed by atoms with Crippen LogP contribution in [-0.2, 0) is 4.74 Å². The lowest BCUT2D eigenvalue weighted by atomic mass is 10.1. The highest BCUT2D eigenvalue weighted by Crippen LogP contribution is 2.11. The number of methoxy groups -OCH3 is 1. The first kappa shape index (κ1) is 13.3. The molecule has 0 unspecified atom stereocenters. The third kappa shape index (κ3) is 4.74. The van der Waals surface area contributed by atoms with Crippen LogP contribution >= 0.6 is 0 Å². The van der Waals surface area contributed by atoms with Gasteiger partial charge in [0.15, 0.2) is 0 Å². The molecule has 0 spiro atoms. The maximum absolute atomic E-state index is 11.6. The number of amides is 2. The molecule has 0 saturated carbocycles. The van der Waals surface area contributed by atoms with E-state index in [4.69, 9.17) is 10.5 Å². The van der Waals surface area contributed by atoms with Gasteiger partial charge in [-0.25, -0.2) is 4.79 Å². The lowest BCUT2D eigenvalue weighted by Gasteiger charge is -2.23. The number of nitrogens with one attached hydrogen (secondary N) is 2. The van der Waals surface area contributed by atoms with Crippen LogP contribution in [0.25, 0.3) is 0 Å². The first-order valence-corrected chi connectivity index (χ1v) is 5.38. The lowest BCUT2D eigenvalue weighted by molar-refractivity contribution is 0.0257. The zero-order chi connectivity index (χ0) is 12.9. The minimum atomic E-state index is -0.382. The van der Waals surface area contributed by atoms with Gasteiger partial charge in [0.2, 0.25) is 0 Å². The fourth-order valence-electron chi connectivity index (χ4n) is 1.16. The van der Waals surface area contributed by atoms with Gasteiger partial charge in [0, 0.05) is 25.0 Å². The van der Waals surface area contributed by atoms with Crippen LogP contribution in [0.3, 0.4) is 0 Å². The molecule has 0 heterocycles. The van der Waals surface area contributed by atoms with E-state index >= 15 is 0 Å². The van der Waals surface area contributed by atoms with E-state index in [-0.39, 0.29) is 11.6 Å². The van der Waals surface area contributed by atoms with Crippen LogP contribution in [0, 0.1) is 0 Å². The van der Waals surface area contributed by atoms with Crippen molar-refractivity contribution >= 4 is 17.4 Å². The van der Waals surface area contributed by atoms with Gasteiger partial charge in [-0.05, 0) is 32.0 Å². The maximum Gasteiger partial charge on any atom is 0.319 e. The molecule has 1 aromatic rings. The summed E-state index contributed by atoms with van der Waals surface area (Å²) in [7, 11) is 1.61. The average molecular weight is 237 g/mol. The zero-order valence-corrected chi connectivity index (χ0v) is 10.4. The minimum absolute atomic E-state index is 0.277. The van der Waals surface area contributed by atoms with Gasteiger partial charge >= 0.3 is 6.03 Å². The molecule has 0 aliphatic heterocycles. The number of rotatable bonds is 4. The fourth-order valence-corrected chi connectivity index (χ4v) is 1.16. The minimum Gasteiger partial charge on any atom is -0.399 e. The number of benzene rings is 1. The van der Waals surface area contributed by atoms with Gasteiger partial charge in [0.1, 0.15) is 0 Å². The number of carbonyl (C=O) groups is 1. The normalized spacial score (nSPS) is 11.0. The van der Waals surface area contributed by atoms with Gasteiger partial charge in [0.25, 0.3) is 0 Å². The smallest absolute Gasteiger partial charge is 0.319 e. The molecule has 0 aromatic heterocycles. The second kappa shape index (κ2) is 5.54. The van der Waals surface area contributed by atoms with Gasteiger partial charge in [0.05, 0.1) is 5.60 Å². The summed E-state index contributed by atoms with van der Waals surface area (Å²) in [4.78, 5) is 11.6. The third-order valence-corrected chi connectivity index (χ3v) is 2.37. The molecule has 0 fully saturated rings. The Kier molecular flexibility index (Phi) is 4.34. The van der Waals surface area contributed by atoms with E-state index < -0.39 is 0 Å². The van der Waals surface area contributed by atoms with Crippen molar-refractivity contribution in [2.45, 2.75) is 19.4 Å². The number of hydrogen-bond acceptors (Lipinski definition) is 3. The van der Waals surface area contributed by atoms with Crippen molar-refractivity contribution in [2.24, 2.45) is 0 Å². The summed E-state index contributed by atoms with van der Waals surface area (Å²) in [5, 5.41) is 5.42. The van der Waals surface area contributed by atoms with E-state index in [9.17, 15) is 4.79 Å². The molecule has 0 saturated heterocycles. The Bertz CT molecular complexity index is 391. The molecule has 1 rings (SSSR count). The van der Waals surface area contributed by atoms with E-state index in [1.807, 2.05) is 13.8 Å². The molecule has 0 radical (unpaired) electrons. The van der Waals surface area contributed by atoms with E-state index in [2.05, 4.69) is 10.6 Å². The highest BCUT2D eigenvalue weighted by Gasteiger charge is 2.17. The molecule has 4 N–H and O–H groups in total. The summed E-state index contributed by atoms with van der Waals surface area (Å²) in [5.41, 5.74) is 6.50. The van der Waals surface area contributed by atoms with Gasteiger partial charge < -0.3 is 21.1 Å². The van der Waals surface area contributed by atoms with Crippen LogP contribution < -0.4 is 16.4 Å². The molecule has 5 heteroatoms. The molecule has 2 amide bonds. The van der Waals surface area contributed by atoms with Gasteiger partial charge in [-0.1, -0.05) is 6.07 Å². The predicted molar refractivity (Wildman–Crippen MR) is 69.0 cm³/mol. The second-order valence-corrected chi connectivity index (χ2v) is 4.40. The second-order valence-electron chi connectivity index (χ2n) is 4.40. The molecular formula is C12H19N3O2. The zero-order valence-electron chi connectivity index (χ0n) is 10.4. The summed E-state index contributed by atoms with van der Waals surface area (Å²) < 4.78 is 5.19. The van der Waals surface area contributed by atoms with E-state index in [1.54, 1.807) is 31.4 Å². The van der Waals surface area contributed by atoms with E-state index in [0.29, 0.717) is 17.9 Å². The average Bonchev–Trinajstić information content (AvgIpc) is 2.27. The molecule has 0 aliphatic rings. The number of anilines is 2. The van der Waals surface area contributed by atoms with Crippen molar-refractivity contribution in [1.29, 1.82) is 0 Å². The highest BCUT2D eigenvalue weighted by atomic mass is 16.5. The maximum atomic E-state index is 11.6. The van der Waals surface area contributed by atoms with Crippen LogP contribution in [0.1, 0.15) is 13.8 Å². The Hall–Kier alpha value is -1.75. The number of urea groups is 1. The first-order valence-electron chi connectivity index (χ1n) is 5.38. The van der Waals surface area contributed by atoms with Crippen LogP contribution in [0.15, 0.2) is 24.3 Å². The third-order valence-electron chi connectivity index (χ3n) is 2.37. The summed E-state index contributed by atoms with van der Waals surface area (Å²) >= 11 is 0. The molecule has 5 nitrogen and oxygen atoms in total. The number of hydrogen-bond donors (Lipinski definition) is 3. The van der Waals surface area contributed by atoms with Crippen LogP contribution in [-0.4, -0.2) is 25.3 Å². The van der Waals surface area contributed by atoms with Crippen LogP contribution in [0.2, 0.25) is 0 Å². The molecule has 94 valence electrons. The van der Waals surface area contributed by atoms with Crippen LogP contribution in [0.5, 0.6) is 0 Å². The van der Waals surface area contributed by atoms with Gasteiger partial charge in [-0.2, -0.15) is 0 Å². The topological polar surface area (TPSA) is 76.4 Å². The number of carbonyl (C=O) groups excluding carboxylic acids is 1. The Morgan fingerprint density at radius 3 is 2.76 bits per heavy atom. The van der Waals surface area contributed by atoms with E-state index in [1.165, 1.54) is 0 Å². The van der Waals surface area contributed by atoms with Crippen molar-refractivity contribution in [2.75, 3.05) is 24.7 Å². The number of nitrogens with two attached hydrogens (primary N) is 1. The van der Waals surface area contributed by atoms with Gasteiger partial charge in [-0.15, -0.1) is 0 Å².